The molecule has 0 radical (unpaired) electrons. The summed E-state index contributed by atoms with van der Waals surface area (Å²) in [4.78, 5) is 23.4. The maximum absolute atomic E-state index is 11.8. The van der Waals surface area contributed by atoms with Crippen molar-refractivity contribution in [2.24, 2.45) is 0 Å². The third kappa shape index (κ3) is 6.10. The van der Waals surface area contributed by atoms with Crippen LogP contribution in [0.3, 0.4) is 0 Å². The van der Waals surface area contributed by atoms with Crippen LogP contribution >= 0.6 is 0 Å². The van der Waals surface area contributed by atoms with E-state index in [0.717, 1.165) is 11.1 Å². The number of rotatable bonds is 7. The second-order valence-corrected chi connectivity index (χ2v) is 5.15. The van der Waals surface area contributed by atoms with Gasteiger partial charge in [0.2, 0.25) is 0 Å². The molecule has 0 heterocycles. The summed E-state index contributed by atoms with van der Waals surface area (Å²) in [5.41, 5.74) is 6.65. The molecule has 6 nitrogen and oxygen atoms in total. The van der Waals surface area contributed by atoms with Crippen molar-refractivity contribution in [2.75, 3.05) is 0 Å². The third-order valence-electron chi connectivity index (χ3n) is 3.18. The van der Waals surface area contributed by atoms with Gasteiger partial charge in [-0.2, -0.15) is 0 Å². The number of ether oxygens (including phenoxy) is 2. The average molecular weight is 328 g/mol. The maximum Gasteiger partial charge on any atom is 0.421 e. The highest BCUT2D eigenvalue weighted by atomic mass is 16.6. The first kappa shape index (κ1) is 17.5. The molecule has 2 aromatic carbocycles. The molecule has 0 bridgehead atoms. The van der Waals surface area contributed by atoms with Crippen LogP contribution < -0.4 is 10.9 Å². The Kier molecular flexibility index (Phi) is 6.79. The minimum atomic E-state index is -0.696. The molecule has 0 saturated carbocycles. The van der Waals surface area contributed by atoms with Gasteiger partial charge in [-0.25, -0.2) is 10.2 Å². The molecule has 0 aliphatic heterocycles. The SMILES string of the molecule is C[C@H](NNC(=O)OCc1ccccc1)C(=O)OCc1ccccc1. The van der Waals surface area contributed by atoms with Crippen molar-refractivity contribution in [3.05, 3.63) is 71.8 Å². The van der Waals surface area contributed by atoms with E-state index in [-0.39, 0.29) is 13.2 Å². The molecule has 0 spiro atoms. The quantitative estimate of drug-likeness (QED) is 0.603. The molecule has 126 valence electrons. The Bertz CT molecular complexity index is 647. The van der Waals surface area contributed by atoms with Crippen LogP contribution in [-0.2, 0) is 27.5 Å². The summed E-state index contributed by atoms with van der Waals surface area (Å²) in [6.07, 6.45) is -0.665. The minimum Gasteiger partial charge on any atom is -0.460 e. The molecule has 0 aliphatic rings. The number of hydrogen-bond donors (Lipinski definition) is 2. The fourth-order valence-electron chi connectivity index (χ4n) is 1.84. The van der Waals surface area contributed by atoms with Gasteiger partial charge >= 0.3 is 12.1 Å². The van der Waals surface area contributed by atoms with Gasteiger partial charge in [0, 0.05) is 0 Å². The molecule has 0 unspecified atom stereocenters. The molecule has 0 saturated heterocycles. The van der Waals surface area contributed by atoms with E-state index < -0.39 is 18.1 Å². The van der Waals surface area contributed by atoms with Crippen molar-refractivity contribution in [2.45, 2.75) is 26.2 Å². The van der Waals surface area contributed by atoms with E-state index in [1.807, 2.05) is 60.7 Å². The van der Waals surface area contributed by atoms with Crippen molar-refractivity contribution in [3.63, 3.8) is 0 Å². The molecular formula is C18H20N2O4. The summed E-state index contributed by atoms with van der Waals surface area (Å²) in [5.74, 6) is -0.470. The lowest BCUT2D eigenvalue weighted by Gasteiger charge is -2.14. The first-order chi connectivity index (χ1) is 11.6. The zero-order valence-electron chi connectivity index (χ0n) is 13.4. The first-order valence-corrected chi connectivity index (χ1v) is 7.58. The first-order valence-electron chi connectivity index (χ1n) is 7.58. The smallest absolute Gasteiger partial charge is 0.421 e. The van der Waals surface area contributed by atoms with Crippen LogP contribution in [0.25, 0.3) is 0 Å². The lowest BCUT2D eigenvalue weighted by Crippen LogP contribution is -2.47. The Morgan fingerprint density at radius 1 is 0.875 bits per heavy atom. The van der Waals surface area contributed by atoms with Gasteiger partial charge in [0.1, 0.15) is 19.3 Å². The predicted octanol–water partition coefficient (Wildman–Crippen LogP) is 2.55. The Morgan fingerprint density at radius 3 is 1.92 bits per heavy atom. The number of nitrogens with one attached hydrogen (secondary N) is 2. The van der Waals surface area contributed by atoms with Crippen molar-refractivity contribution < 1.29 is 19.1 Å². The van der Waals surface area contributed by atoms with E-state index >= 15 is 0 Å². The lowest BCUT2D eigenvalue weighted by molar-refractivity contribution is -0.147. The second-order valence-electron chi connectivity index (χ2n) is 5.15. The van der Waals surface area contributed by atoms with Crippen LogP contribution in [0, 0.1) is 0 Å². The summed E-state index contributed by atoms with van der Waals surface area (Å²) in [6, 6.07) is 18.0. The number of hydrazine groups is 1. The Morgan fingerprint density at radius 2 is 1.38 bits per heavy atom. The normalized spacial score (nSPS) is 11.4. The molecule has 1 atom stereocenters. The summed E-state index contributed by atoms with van der Waals surface area (Å²) in [5, 5.41) is 0. The molecule has 0 aliphatic carbocycles. The standard InChI is InChI=1S/C18H20N2O4/c1-14(17(21)23-12-15-8-4-2-5-9-15)19-20-18(22)24-13-16-10-6-3-7-11-16/h2-11,14,19H,12-13H2,1H3,(H,20,22)/t14-/m0/s1. The third-order valence-corrected chi connectivity index (χ3v) is 3.18. The van der Waals surface area contributed by atoms with Gasteiger partial charge in [-0.1, -0.05) is 60.7 Å². The summed E-state index contributed by atoms with van der Waals surface area (Å²) in [6.45, 7) is 1.93. The van der Waals surface area contributed by atoms with Crippen LogP contribution in [0.15, 0.2) is 60.7 Å². The van der Waals surface area contributed by atoms with E-state index in [9.17, 15) is 9.59 Å². The van der Waals surface area contributed by atoms with Crippen molar-refractivity contribution >= 4 is 12.1 Å². The van der Waals surface area contributed by atoms with E-state index in [4.69, 9.17) is 9.47 Å². The molecule has 24 heavy (non-hydrogen) atoms. The van der Waals surface area contributed by atoms with Crippen LogP contribution in [-0.4, -0.2) is 18.1 Å². The topological polar surface area (TPSA) is 76.7 Å². The van der Waals surface area contributed by atoms with Crippen LogP contribution in [0.2, 0.25) is 0 Å². The van der Waals surface area contributed by atoms with Gasteiger partial charge in [-0.3, -0.25) is 10.2 Å². The fraction of sp³-hybridized carbons (Fsp3) is 0.222. The minimum absolute atomic E-state index is 0.154. The van der Waals surface area contributed by atoms with Gasteiger partial charge in [0.25, 0.3) is 0 Å². The Hall–Kier alpha value is -2.86. The number of esters is 1. The molecule has 0 aromatic heterocycles. The van der Waals surface area contributed by atoms with E-state index in [1.165, 1.54) is 0 Å². The number of amides is 1. The average Bonchev–Trinajstić information content (AvgIpc) is 2.64. The van der Waals surface area contributed by atoms with Gasteiger partial charge < -0.3 is 9.47 Å². The Balaban J connectivity index is 1.65. The number of hydrogen-bond acceptors (Lipinski definition) is 5. The molecule has 2 rings (SSSR count). The zero-order chi connectivity index (χ0) is 17.2. The lowest BCUT2D eigenvalue weighted by atomic mass is 10.2. The number of carbonyl (C=O) groups is 2. The Labute approximate surface area is 140 Å². The largest absolute Gasteiger partial charge is 0.460 e. The zero-order valence-corrected chi connectivity index (χ0v) is 13.4. The van der Waals surface area contributed by atoms with Crippen molar-refractivity contribution in [1.82, 2.24) is 10.9 Å². The maximum atomic E-state index is 11.8. The van der Waals surface area contributed by atoms with Gasteiger partial charge in [0.05, 0.1) is 0 Å². The van der Waals surface area contributed by atoms with Gasteiger partial charge in [-0.05, 0) is 18.1 Å². The highest BCUT2D eigenvalue weighted by molar-refractivity contribution is 5.76. The van der Waals surface area contributed by atoms with Crippen molar-refractivity contribution in [1.29, 1.82) is 0 Å². The van der Waals surface area contributed by atoms with Crippen LogP contribution in [0.4, 0.5) is 4.79 Å². The number of carbonyl (C=O) groups excluding carboxylic acids is 2. The molecule has 6 heteroatoms. The molecule has 2 N–H and O–H groups in total. The van der Waals surface area contributed by atoms with Crippen LogP contribution in [0.1, 0.15) is 18.1 Å². The molecular weight excluding hydrogens is 308 g/mol. The monoisotopic (exact) mass is 328 g/mol. The summed E-state index contributed by atoms with van der Waals surface area (Å²) in [7, 11) is 0. The van der Waals surface area contributed by atoms with E-state index in [0.29, 0.717) is 0 Å². The number of benzene rings is 2. The highest BCUT2D eigenvalue weighted by Gasteiger charge is 2.15. The molecule has 2 aromatic rings. The summed E-state index contributed by atoms with van der Waals surface area (Å²) >= 11 is 0. The second kappa shape index (κ2) is 9.32. The van der Waals surface area contributed by atoms with E-state index in [2.05, 4.69) is 10.9 Å². The fourth-order valence-corrected chi connectivity index (χ4v) is 1.84. The van der Waals surface area contributed by atoms with Crippen molar-refractivity contribution in [3.8, 4) is 0 Å². The summed E-state index contributed by atoms with van der Waals surface area (Å²) < 4.78 is 10.2. The van der Waals surface area contributed by atoms with E-state index in [1.54, 1.807) is 6.92 Å². The molecule has 1 amide bonds. The van der Waals surface area contributed by atoms with Gasteiger partial charge in [0.15, 0.2) is 0 Å². The van der Waals surface area contributed by atoms with Crippen LogP contribution in [0.5, 0.6) is 0 Å². The highest BCUT2D eigenvalue weighted by Crippen LogP contribution is 2.02. The van der Waals surface area contributed by atoms with Gasteiger partial charge in [-0.15, -0.1) is 0 Å². The predicted molar refractivity (Wildman–Crippen MR) is 88.6 cm³/mol. The molecule has 0 fully saturated rings.